The van der Waals surface area contributed by atoms with Crippen molar-refractivity contribution in [1.82, 2.24) is 31.1 Å². The molecule has 12 heteroatoms. The molecule has 2 aliphatic heterocycles. The highest BCUT2D eigenvalue weighted by atomic mass is 16.6. The Bertz CT molecular complexity index is 1640. The van der Waals surface area contributed by atoms with Gasteiger partial charge in [0.2, 0.25) is 23.6 Å². The first-order chi connectivity index (χ1) is 29.2. The lowest BCUT2D eigenvalue weighted by Crippen LogP contribution is -2.59. The number of benzene rings is 2. The average Bonchev–Trinajstić information content (AvgIpc) is 3.99. The van der Waals surface area contributed by atoms with Crippen LogP contribution >= 0.6 is 0 Å². The quantitative estimate of drug-likeness (QED) is 0.0637. The molecule has 5 atom stereocenters. The number of piperazine rings is 1. The number of hydrogen-bond acceptors (Lipinski definition) is 8. The maximum absolute atomic E-state index is 14.2. The van der Waals surface area contributed by atoms with Crippen LogP contribution in [0.25, 0.3) is 0 Å². The van der Waals surface area contributed by atoms with Crippen molar-refractivity contribution in [3.8, 4) is 0 Å². The van der Waals surface area contributed by atoms with Gasteiger partial charge in [-0.05, 0) is 82.0 Å². The molecule has 0 spiro atoms. The molecule has 4 amide bonds. The Kier molecular flexibility index (Phi) is 20.9. The third-order valence-corrected chi connectivity index (χ3v) is 11.9. The summed E-state index contributed by atoms with van der Waals surface area (Å²) in [4.78, 5) is 74.0. The number of likely N-dealkylation sites (N-methyl/N-ethyl adjacent to an activating group) is 1. The lowest BCUT2D eigenvalue weighted by Gasteiger charge is -2.32. The summed E-state index contributed by atoms with van der Waals surface area (Å²) in [6.45, 7) is 15.8. The van der Waals surface area contributed by atoms with E-state index in [2.05, 4.69) is 38.1 Å². The molecule has 0 radical (unpaired) electrons. The van der Waals surface area contributed by atoms with Crippen molar-refractivity contribution in [3.63, 3.8) is 0 Å². The molecule has 12 nitrogen and oxygen atoms in total. The molecule has 2 saturated heterocycles. The number of amides is 4. The lowest BCUT2D eigenvalue weighted by molar-refractivity contribution is -0.135. The fourth-order valence-electron chi connectivity index (χ4n) is 7.97. The number of carbonyl (C=O) groups is 5. The van der Waals surface area contributed by atoms with Gasteiger partial charge in [0.1, 0.15) is 23.7 Å². The highest BCUT2D eigenvalue weighted by Gasteiger charge is 2.50. The number of nitrogens with zero attached hydrogens (tertiary/aromatic N) is 2. The molecule has 2 heterocycles. The number of aryl methyl sites for hydroxylation is 1. The zero-order chi connectivity index (χ0) is 44.2. The molecule has 2 fully saturated rings. The number of nitrogens with one attached hydrogen (secondary N) is 4. The zero-order valence-corrected chi connectivity index (χ0v) is 38.0. The summed E-state index contributed by atoms with van der Waals surface area (Å²) in [7, 11) is 2.19. The van der Waals surface area contributed by atoms with E-state index >= 15 is 0 Å². The zero-order valence-electron chi connectivity index (χ0n) is 38.0. The third-order valence-electron chi connectivity index (χ3n) is 11.9. The molecule has 2 aromatic rings. The number of unbranched alkanes of at least 4 members (excludes halogenated alkanes) is 6. The maximum Gasteiger partial charge on any atom is 0.243 e. The van der Waals surface area contributed by atoms with Gasteiger partial charge in [-0.2, -0.15) is 0 Å². The van der Waals surface area contributed by atoms with Crippen molar-refractivity contribution in [1.29, 1.82) is 0 Å². The van der Waals surface area contributed by atoms with Crippen LogP contribution in [0.15, 0.2) is 60.7 Å². The minimum atomic E-state index is -1.02. The molecule has 0 saturated carbocycles. The van der Waals surface area contributed by atoms with E-state index in [1.165, 1.54) is 25.8 Å². The van der Waals surface area contributed by atoms with Crippen LogP contribution in [0.5, 0.6) is 0 Å². The number of ether oxygens (including phenoxy) is 1. The average molecular weight is 845 g/mol. The standard InChI is InChI=1S/C49H76N6O6/c1-36(2)32-41(45(57)49(5)35-61-49)51-48(60)43(34-39-22-16-13-17-23-39)53-47(59)42(33-37(3)4)52-46(58)40(26-25-38-20-14-12-15-21-38)50-44(56)24-18-10-8-7-9-11-19-27-55-30-28-54(6)29-31-55/h12-17,20-23,36-37,40-43H,7-11,18-19,24-35H2,1-6H3,(H,50,56)(H,51,60)(H,52,58)(H,53,59)/t40-,41-,42-,43-,49+/m0/s1. The van der Waals surface area contributed by atoms with Crippen molar-refractivity contribution in [3.05, 3.63) is 71.8 Å². The van der Waals surface area contributed by atoms with Gasteiger partial charge in [-0.25, -0.2) is 0 Å². The molecule has 4 rings (SSSR count). The molecule has 0 unspecified atom stereocenters. The molecular formula is C49H76N6O6. The summed E-state index contributed by atoms with van der Waals surface area (Å²) in [6, 6.07) is 15.6. The smallest absolute Gasteiger partial charge is 0.243 e. The topological polar surface area (TPSA) is 152 Å². The summed E-state index contributed by atoms with van der Waals surface area (Å²) < 4.78 is 5.44. The van der Waals surface area contributed by atoms with Crippen LogP contribution in [0, 0.1) is 11.8 Å². The van der Waals surface area contributed by atoms with Crippen LogP contribution in [0.4, 0.5) is 0 Å². The summed E-state index contributed by atoms with van der Waals surface area (Å²) in [5.41, 5.74) is 0.951. The number of Topliss-reactive ketones (excluding diaryl/α,β-unsaturated/α-hetero) is 1. The summed E-state index contributed by atoms with van der Waals surface area (Å²) >= 11 is 0. The fraction of sp³-hybridized carbons (Fsp3) is 0.653. The number of rotatable bonds is 28. The van der Waals surface area contributed by atoms with Crippen LogP contribution < -0.4 is 21.3 Å². The Morgan fingerprint density at radius 1 is 0.623 bits per heavy atom. The Morgan fingerprint density at radius 2 is 1.11 bits per heavy atom. The van der Waals surface area contributed by atoms with Crippen molar-refractivity contribution in [2.24, 2.45) is 11.8 Å². The highest BCUT2D eigenvalue weighted by molar-refractivity contribution is 5.98. The number of hydrogen-bond donors (Lipinski definition) is 4. The van der Waals surface area contributed by atoms with Crippen molar-refractivity contribution >= 4 is 29.4 Å². The third kappa shape index (κ3) is 18.4. The first-order valence-corrected chi connectivity index (χ1v) is 23.1. The maximum atomic E-state index is 14.2. The van der Waals surface area contributed by atoms with E-state index in [0.717, 1.165) is 63.0 Å². The van der Waals surface area contributed by atoms with Crippen LogP contribution in [0.1, 0.15) is 116 Å². The van der Waals surface area contributed by atoms with E-state index in [1.807, 2.05) is 88.4 Å². The molecule has 338 valence electrons. The molecule has 0 aliphatic carbocycles. The summed E-state index contributed by atoms with van der Waals surface area (Å²) in [6.07, 6.45) is 9.80. The second-order valence-electron chi connectivity index (χ2n) is 18.5. The molecule has 4 N–H and O–H groups in total. The number of epoxide rings is 1. The predicted molar refractivity (Wildman–Crippen MR) is 242 cm³/mol. The van der Waals surface area contributed by atoms with E-state index in [0.29, 0.717) is 38.7 Å². The lowest BCUT2D eigenvalue weighted by atomic mass is 9.93. The van der Waals surface area contributed by atoms with Gasteiger partial charge < -0.3 is 35.8 Å². The van der Waals surface area contributed by atoms with E-state index in [-0.39, 0.29) is 29.9 Å². The van der Waals surface area contributed by atoms with Gasteiger partial charge in [-0.1, -0.05) is 120 Å². The SMILES string of the molecule is CC(C)C[C@H](NC(=O)[C@H](CCc1ccccc1)NC(=O)CCCCCCCCCN1CCN(C)CC1)C(=O)N[C@@H](Cc1ccccc1)C(=O)N[C@@H](CC(C)C)C(=O)[C@@]1(C)CO1. The van der Waals surface area contributed by atoms with E-state index < -0.39 is 47.5 Å². The van der Waals surface area contributed by atoms with Gasteiger partial charge in [0.25, 0.3) is 0 Å². The van der Waals surface area contributed by atoms with Crippen molar-refractivity contribution in [2.45, 2.75) is 148 Å². The van der Waals surface area contributed by atoms with Crippen LogP contribution in [0.3, 0.4) is 0 Å². The van der Waals surface area contributed by atoms with E-state index in [1.54, 1.807) is 6.92 Å². The van der Waals surface area contributed by atoms with Gasteiger partial charge in [-0.3, -0.25) is 24.0 Å². The number of carbonyl (C=O) groups excluding carboxylic acids is 5. The largest absolute Gasteiger partial charge is 0.361 e. The first-order valence-electron chi connectivity index (χ1n) is 23.1. The monoisotopic (exact) mass is 845 g/mol. The molecule has 0 bridgehead atoms. The normalized spacial score (nSPS) is 18.8. The molecular weight excluding hydrogens is 769 g/mol. The van der Waals surface area contributed by atoms with Crippen LogP contribution in [-0.4, -0.2) is 115 Å². The van der Waals surface area contributed by atoms with Gasteiger partial charge in [0.15, 0.2) is 5.78 Å². The van der Waals surface area contributed by atoms with E-state index in [4.69, 9.17) is 4.74 Å². The number of ketones is 1. The van der Waals surface area contributed by atoms with Gasteiger partial charge in [0, 0.05) is 39.0 Å². The first kappa shape index (κ1) is 49.5. The molecule has 61 heavy (non-hydrogen) atoms. The van der Waals surface area contributed by atoms with E-state index in [9.17, 15) is 24.0 Å². The summed E-state index contributed by atoms with van der Waals surface area (Å²) in [5, 5.41) is 11.8. The van der Waals surface area contributed by atoms with Crippen molar-refractivity contribution < 1.29 is 28.7 Å². The minimum Gasteiger partial charge on any atom is -0.361 e. The van der Waals surface area contributed by atoms with Gasteiger partial charge in [0.05, 0.1) is 12.6 Å². The Labute approximate surface area is 366 Å². The Hall–Kier alpha value is -4.13. The highest BCUT2D eigenvalue weighted by Crippen LogP contribution is 2.30. The minimum absolute atomic E-state index is 0.0269. The van der Waals surface area contributed by atoms with Crippen LogP contribution in [0.2, 0.25) is 0 Å². The second-order valence-corrected chi connectivity index (χ2v) is 18.5. The second kappa shape index (κ2) is 25.7. The van der Waals surface area contributed by atoms with Gasteiger partial charge in [-0.15, -0.1) is 0 Å². The Morgan fingerprint density at radius 3 is 1.70 bits per heavy atom. The van der Waals surface area contributed by atoms with Gasteiger partial charge >= 0.3 is 0 Å². The molecule has 0 aromatic heterocycles. The van der Waals surface area contributed by atoms with Crippen LogP contribution in [-0.2, 0) is 41.6 Å². The predicted octanol–water partition coefficient (Wildman–Crippen LogP) is 5.62. The molecule has 2 aliphatic rings. The fourth-order valence-corrected chi connectivity index (χ4v) is 7.97. The Balaban J connectivity index is 1.36. The summed E-state index contributed by atoms with van der Waals surface area (Å²) in [5.74, 6) is -1.64. The molecule has 2 aromatic carbocycles. The van der Waals surface area contributed by atoms with Crippen molar-refractivity contribution in [2.75, 3.05) is 46.4 Å².